The van der Waals surface area contributed by atoms with Crippen LogP contribution >= 0.6 is 11.8 Å². The molecule has 0 atom stereocenters. The first-order chi connectivity index (χ1) is 17.3. The summed E-state index contributed by atoms with van der Waals surface area (Å²) in [5.41, 5.74) is 4.02. The number of carbonyl (C=O) groups is 1. The zero-order valence-electron chi connectivity index (χ0n) is 20.2. The number of thioether (sulfide) groups is 1. The van der Waals surface area contributed by atoms with Crippen LogP contribution < -0.4 is 9.62 Å². The van der Waals surface area contributed by atoms with Crippen LogP contribution in [0.3, 0.4) is 0 Å². The summed E-state index contributed by atoms with van der Waals surface area (Å²) in [6, 6.07) is 31.5. The number of hydrogen-bond donors (Lipinski definition) is 1. The van der Waals surface area contributed by atoms with Crippen LogP contribution in [0, 0.1) is 13.8 Å². The van der Waals surface area contributed by atoms with Gasteiger partial charge in [-0.25, -0.2) is 8.42 Å². The Bertz CT molecular complexity index is 1420. The van der Waals surface area contributed by atoms with Gasteiger partial charge in [0.2, 0.25) is 5.91 Å². The van der Waals surface area contributed by atoms with Gasteiger partial charge in [-0.15, -0.1) is 11.8 Å². The Morgan fingerprint density at radius 2 is 1.47 bits per heavy atom. The minimum atomic E-state index is -3.95. The van der Waals surface area contributed by atoms with Crippen molar-refractivity contribution in [3.05, 3.63) is 120 Å². The van der Waals surface area contributed by atoms with Crippen molar-refractivity contribution in [2.75, 3.05) is 16.2 Å². The van der Waals surface area contributed by atoms with E-state index < -0.39 is 15.9 Å². The molecule has 4 aromatic carbocycles. The molecule has 0 bridgehead atoms. The Kier molecular flexibility index (Phi) is 8.13. The largest absolute Gasteiger partial charge is 0.325 e. The summed E-state index contributed by atoms with van der Waals surface area (Å²) in [4.78, 5) is 14.4. The Morgan fingerprint density at radius 3 is 2.11 bits per heavy atom. The van der Waals surface area contributed by atoms with E-state index in [1.165, 1.54) is 21.3 Å². The number of benzene rings is 4. The lowest BCUT2D eigenvalue weighted by atomic mass is 10.1. The minimum absolute atomic E-state index is 0.137. The number of hydrogen-bond acceptors (Lipinski definition) is 4. The van der Waals surface area contributed by atoms with E-state index in [0.717, 1.165) is 22.4 Å². The maximum absolute atomic E-state index is 13.5. The number of carbonyl (C=O) groups excluding carboxylic acids is 1. The van der Waals surface area contributed by atoms with Gasteiger partial charge in [-0.2, -0.15) is 0 Å². The number of nitrogens with zero attached hydrogens (tertiary/aromatic N) is 1. The number of amides is 1. The lowest BCUT2D eigenvalue weighted by molar-refractivity contribution is -0.114. The average Bonchev–Trinajstić information content (AvgIpc) is 2.88. The van der Waals surface area contributed by atoms with Gasteiger partial charge in [-0.1, -0.05) is 66.2 Å². The van der Waals surface area contributed by atoms with Crippen LogP contribution in [0.1, 0.15) is 16.7 Å². The van der Waals surface area contributed by atoms with E-state index in [0.29, 0.717) is 11.4 Å². The lowest BCUT2D eigenvalue weighted by Gasteiger charge is -2.26. The monoisotopic (exact) mass is 516 g/mol. The molecule has 0 fully saturated rings. The average molecular weight is 517 g/mol. The van der Waals surface area contributed by atoms with Crippen LogP contribution in [0.15, 0.2) is 113 Å². The van der Waals surface area contributed by atoms with Gasteiger partial charge in [-0.05, 0) is 67.4 Å². The van der Waals surface area contributed by atoms with E-state index in [-0.39, 0.29) is 11.4 Å². The highest BCUT2D eigenvalue weighted by Gasteiger charge is 2.28. The van der Waals surface area contributed by atoms with Gasteiger partial charge in [0.1, 0.15) is 6.54 Å². The van der Waals surface area contributed by atoms with Crippen molar-refractivity contribution < 1.29 is 13.2 Å². The van der Waals surface area contributed by atoms with Crippen molar-refractivity contribution in [2.24, 2.45) is 0 Å². The molecule has 0 radical (unpaired) electrons. The molecule has 4 rings (SSSR count). The molecule has 184 valence electrons. The van der Waals surface area contributed by atoms with Crippen LogP contribution in [0.4, 0.5) is 11.4 Å². The van der Waals surface area contributed by atoms with Crippen molar-refractivity contribution in [3.8, 4) is 0 Å². The van der Waals surface area contributed by atoms with Gasteiger partial charge in [0.15, 0.2) is 0 Å². The maximum atomic E-state index is 13.5. The molecule has 1 N–H and O–H groups in total. The highest BCUT2D eigenvalue weighted by Crippen LogP contribution is 2.28. The SMILES string of the molecule is Cc1ccc(N(CC(=O)Nc2ccc(CSc3ccccc3)cc2)S(=O)(=O)c2ccccc2)c(C)c1. The molecule has 0 aliphatic rings. The van der Waals surface area contributed by atoms with E-state index in [1.807, 2.05) is 68.4 Å². The zero-order valence-corrected chi connectivity index (χ0v) is 21.9. The van der Waals surface area contributed by atoms with Crippen LogP contribution in [-0.2, 0) is 20.6 Å². The summed E-state index contributed by atoms with van der Waals surface area (Å²) in [5.74, 6) is 0.398. The first kappa shape index (κ1) is 25.5. The zero-order chi connectivity index (χ0) is 25.5. The van der Waals surface area contributed by atoms with Gasteiger partial charge < -0.3 is 5.32 Å². The Morgan fingerprint density at radius 1 is 0.833 bits per heavy atom. The first-order valence-corrected chi connectivity index (χ1v) is 14.0. The number of nitrogens with one attached hydrogen (secondary N) is 1. The van der Waals surface area contributed by atoms with E-state index in [1.54, 1.807) is 36.0 Å². The van der Waals surface area contributed by atoms with Gasteiger partial charge in [0.05, 0.1) is 10.6 Å². The molecule has 0 saturated heterocycles. The fourth-order valence-corrected chi connectivity index (χ4v) is 6.19. The van der Waals surface area contributed by atoms with E-state index in [4.69, 9.17) is 0 Å². The molecule has 0 saturated carbocycles. The third-order valence-electron chi connectivity index (χ3n) is 5.63. The second-order valence-corrected chi connectivity index (χ2v) is 11.4. The molecule has 1 amide bonds. The molecule has 0 unspecified atom stereocenters. The Labute approximate surface area is 217 Å². The maximum Gasteiger partial charge on any atom is 0.264 e. The quantitative estimate of drug-likeness (QED) is 0.260. The summed E-state index contributed by atoms with van der Waals surface area (Å²) in [5, 5.41) is 2.85. The van der Waals surface area contributed by atoms with Gasteiger partial charge in [0, 0.05) is 16.3 Å². The van der Waals surface area contributed by atoms with Crippen molar-refractivity contribution >= 4 is 39.1 Å². The topological polar surface area (TPSA) is 66.5 Å². The number of sulfonamides is 1. The smallest absolute Gasteiger partial charge is 0.264 e. The standard InChI is InChI=1S/C29H28N2O3S2/c1-22-13-18-28(23(2)19-22)31(36(33,34)27-11-7-4-8-12-27)20-29(32)30-25-16-14-24(15-17-25)21-35-26-9-5-3-6-10-26/h3-19H,20-21H2,1-2H3,(H,30,32). The van der Waals surface area contributed by atoms with Crippen LogP contribution in [0.5, 0.6) is 0 Å². The molecule has 0 heterocycles. The van der Waals surface area contributed by atoms with Crippen molar-refractivity contribution in [1.29, 1.82) is 0 Å². The molecule has 4 aromatic rings. The van der Waals surface area contributed by atoms with E-state index >= 15 is 0 Å². The number of anilines is 2. The minimum Gasteiger partial charge on any atom is -0.325 e. The first-order valence-electron chi connectivity index (χ1n) is 11.5. The molecule has 5 nitrogen and oxygen atoms in total. The lowest BCUT2D eigenvalue weighted by Crippen LogP contribution is -2.38. The fraction of sp³-hybridized carbons (Fsp3) is 0.138. The highest BCUT2D eigenvalue weighted by atomic mass is 32.2. The van der Waals surface area contributed by atoms with Crippen molar-refractivity contribution in [2.45, 2.75) is 29.4 Å². The summed E-state index contributed by atoms with van der Waals surface area (Å²) in [7, 11) is -3.95. The summed E-state index contributed by atoms with van der Waals surface area (Å²) < 4.78 is 28.2. The van der Waals surface area contributed by atoms with Gasteiger partial charge in [0.25, 0.3) is 10.0 Å². The Hall–Kier alpha value is -3.55. The molecule has 0 aliphatic carbocycles. The molecular formula is C29H28N2O3S2. The second-order valence-electron chi connectivity index (χ2n) is 8.46. The van der Waals surface area contributed by atoms with Gasteiger partial charge >= 0.3 is 0 Å². The molecule has 7 heteroatoms. The molecular weight excluding hydrogens is 488 g/mol. The van der Waals surface area contributed by atoms with Crippen molar-refractivity contribution in [3.63, 3.8) is 0 Å². The summed E-state index contributed by atoms with van der Waals surface area (Å²) in [6.07, 6.45) is 0. The molecule has 36 heavy (non-hydrogen) atoms. The van der Waals surface area contributed by atoms with Crippen LogP contribution in [0.25, 0.3) is 0 Å². The van der Waals surface area contributed by atoms with E-state index in [9.17, 15) is 13.2 Å². The number of aryl methyl sites for hydroxylation is 2. The van der Waals surface area contributed by atoms with Crippen LogP contribution in [0.2, 0.25) is 0 Å². The van der Waals surface area contributed by atoms with E-state index in [2.05, 4.69) is 17.4 Å². The third-order valence-corrected chi connectivity index (χ3v) is 8.48. The number of rotatable bonds is 9. The van der Waals surface area contributed by atoms with Crippen LogP contribution in [-0.4, -0.2) is 20.9 Å². The highest BCUT2D eigenvalue weighted by molar-refractivity contribution is 7.98. The second kappa shape index (κ2) is 11.5. The fourth-order valence-electron chi connectivity index (χ4n) is 3.80. The predicted octanol–water partition coefficient (Wildman–Crippen LogP) is 6.43. The molecule has 0 aromatic heterocycles. The molecule has 0 spiro atoms. The predicted molar refractivity (Wildman–Crippen MR) is 148 cm³/mol. The normalized spacial score (nSPS) is 11.2. The summed E-state index contributed by atoms with van der Waals surface area (Å²) >= 11 is 1.74. The Balaban J connectivity index is 1.50. The molecule has 0 aliphatic heterocycles. The third kappa shape index (κ3) is 6.36. The van der Waals surface area contributed by atoms with Crippen molar-refractivity contribution in [1.82, 2.24) is 0 Å². The van der Waals surface area contributed by atoms with Gasteiger partial charge in [-0.3, -0.25) is 9.10 Å². The summed E-state index contributed by atoms with van der Waals surface area (Å²) in [6.45, 7) is 3.45.